The SMILES string of the molecule is CCCCCC(CCC1CCC2Cc3c(cccc3OCC(=O)O)CC12)OC(=O)N(C)C(C)C(=O)NCCNCC(C)(C)CC(C)(C)S. The molecule has 0 aromatic heterocycles. The fraction of sp³-hybridized carbons (Fsp3) is 0.763. The number of fused-ring (bicyclic) bond motifs is 2. The lowest BCUT2D eigenvalue weighted by Crippen LogP contribution is -2.48. The summed E-state index contributed by atoms with van der Waals surface area (Å²) in [6, 6.07) is 5.36. The molecule has 1 saturated carbocycles. The van der Waals surface area contributed by atoms with Crippen LogP contribution in [0, 0.1) is 23.2 Å². The first-order valence-electron chi connectivity index (χ1n) is 18.2. The summed E-state index contributed by atoms with van der Waals surface area (Å²) in [4.78, 5) is 38.7. The Kier molecular flexibility index (Phi) is 15.4. The van der Waals surface area contributed by atoms with Gasteiger partial charge in [0.15, 0.2) is 6.61 Å². The van der Waals surface area contributed by atoms with Gasteiger partial charge in [0, 0.05) is 31.4 Å². The summed E-state index contributed by atoms with van der Waals surface area (Å²) in [5.41, 5.74) is 2.52. The molecule has 1 fully saturated rings. The number of nitrogens with zero attached hydrogens (tertiary/aromatic N) is 1. The predicted octanol–water partition coefficient (Wildman–Crippen LogP) is 6.91. The van der Waals surface area contributed by atoms with Crippen LogP contribution in [0.15, 0.2) is 18.2 Å². The van der Waals surface area contributed by atoms with E-state index in [1.54, 1.807) is 14.0 Å². The molecule has 5 unspecified atom stereocenters. The van der Waals surface area contributed by atoms with Gasteiger partial charge in [-0.05, 0) is 105 Å². The zero-order valence-electron chi connectivity index (χ0n) is 30.6. The third kappa shape index (κ3) is 12.8. The van der Waals surface area contributed by atoms with Crippen molar-refractivity contribution in [2.75, 3.05) is 33.3 Å². The van der Waals surface area contributed by atoms with Gasteiger partial charge in [-0.25, -0.2) is 9.59 Å². The number of carboxylic acids is 1. The Hall–Kier alpha value is -2.46. The smallest absolute Gasteiger partial charge is 0.410 e. The van der Waals surface area contributed by atoms with E-state index in [0.717, 1.165) is 77.2 Å². The fourth-order valence-electron chi connectivity index (χ4n) is 7.94. The number of rotatable bonds is 20. The summed E-state index contributed by atoms with van der Waals surface area (Å²) in [6.07, 6.45) is 10.4. The molecule has 2 aliphatic rings. The van der Waals surface area contributed by atoms with Gasteiger partial charge in [-0.3, -0.25) is 9.69 Å². The molecular formula is C38H63N3O6S. The third-order valence-electron chi connectivity index (χ3n) is 10.2. The molecule has 272 valence electrons. The third-order valence-corrected chi connectivity index (χ3v) is 10.4. The van der Waals surface area contributed by atoms with Crippen molar-refractivity contribution < 1.29 is 29.0 Å². The number of carboxylic acid groups (broad SMARTS) is 1. The maximum absolute atomic E-state index is 13.3. The van der Waals surface area contributed by atoms with E-state index in [9.17, 15) is 14.4 Å². The maximum atomic E-state index is 13.3. The Morgan fingerprint density at radius 1 is 1.08 bits per heavy atom. The average molecular weight is 690 g/mol. The number of carbonyl (C=O) groups excluding carboxylic acids is 2. The summed E-state index contributed by atoms with van der Waals surface area (Å²) in [7, 11) is 1.64. The van der Waals surface area contributed by atoms with Gasteiger partial charge in [0.2, 0.25) is 5.91 Å². The number of unbranched alkanes of at least 4 members (excludes halogenated alkanes) is 2. The quantitative estimate of drug-likeness (QED) is 0.0869. The number of nitrogens with one attached hydrogen (secondary N) is 2. The lowest BCUT2D eigenvalue weighted by molar-refractivity contribution is -0.139. The van der Waals surface area contributed by atoms with Gasteiger partial charge in [-0.2, -0.15) is 12.6 Å². The first-order chi connectivity index (χ1) is 22.6. The number of hydrogen-bond donors (Lipinski definition) is 4. The molecule has 2 aliphatic carbocycles. The van der Waals surface area contributed by atoms with Crippen molar-refractivity contribution >= 4 is 30.6 Å². The molecule has 9 nitrogen and oxygen atoms in total. The molecule has 1 aromatic carbocycles. The van der Waals surface area contributed by atoms with Crippen molar-refractivity contribution in [1.82, 2.24) is 15.5 Å². The Bertz CT molecular complexity index is 1200. The second kappa shape index (κ2) is 18.5. The Morgan fingerprint density at radius 2 is 1.83 bits per heavy atom. The van der Waals surface area contributed by atoms with E-state index in [1.165, 1.54) is 16.0 Å². The largest absolute Gasteiger partial charge is 0.482 e. The van der Waals surface area contributed by atoms with Crippen molar-refractivity contribution in [1.29, 1.82) is 0 Å². The number of thiol groups is 1. The van der Waals surface area contributed by atoms with E-state index in [4.69, 9.17) is 14.6 Å². The van der Waals surface area contributed by atoms with Crippen molar-refractivity contribution in [3.8, 4) is 5.75 Å². The van der Waals surface area contributed by atoms with Crippen LogP contribution in [0.5, 0.6) is 5.75 Å². The maximum Gasteiger partial charge on any atom is 0.410 e. The number of carbonyl (C=O) groups is 3. The normalized spacial score (nSPS) is 20.3. The van der Waals surface area contributed by atoms with Gasteiger partial charge in [0.25, 0.3) is 0 Å². The van der Waals surface area contributed by atoms with Gasteiger partial charge in [0.05, 0.1) is 0 Å². The lowest BCUT2D eigenvalue weighted by atomic mass is 9.73. The molecule has 48 heavy (non-hydrogen) atoms. The average Bonchev–Trinajstić information content (AvgIpc) is 3.40. The van der Waals surface area contributed by atoms with E-state index in [-0.39, 0.29) is 28.8 Å². The molecule has 0 bridgehead atoms. The highest BCUT2D eigenvalue weighted by Gasteiger charge is 2.40. The molecule has 1 aromatic rings. The topological polar surface area (TPSA) is 117 Å². The summed E-state index contributed by atoms with van der Waals surface area (Å²) in [6.45, 7) is 14.2. The standard InChI is InChI=1S/C38H63N3O6S/c1-8-9-10-13-30(47-36(45)41(7)26(2)35(44)40-20-19-39-25-37(3,4)24-38(5,6)48)18-17-27-15-16-29-22-32-28(21-31(27)29)12-11-14-33(32)46-23-34(42)43/h11-12,14,26-27,29-31,39,48H,8-10,13,15-25H2,1-7H3,(H,40,44)(H,42,43). The zero-order chi connectivity index (χ0) is 35.5. The molecular weight excluding hydrogens is 627 g/mol. The minimum atomic E-state index is -0.965. The molecule has 3 rings (SSSR count). The summed E-state index contributed by atoms with van der Waals surface area (Å²) in [5.74, 6) is 1.24. The number of amides is 2. The van der Waals surface area contributed by atoms with Crippen molar-refractivity contribution in [2.24, 2.45) is 23.2 Å². The Morgan fingerprint density at radius 3 is 2.52 bits per heavy atom. The van der Waals surface area contributed by atoms with E-state index >= 15 is 0 Å². The minimum Gasteiger partial charge on any atom is -0.482 e. The highest BCUT2D eigenvalue weighted by molar-refractivity contribution is 7.81. The van der Waals surface area contributed by atoms with E-state index in [2.05, 4.69) is 63.9 Å². The number of ether oxygens (including phenoxy) is 2. The molecule has 2 amide bonds. The molecule has 0 spiro atoms. The highest BCUT2D eigenvalue weighted by atomic mass is 32.1. The zero-order valence-corrected chi connectivity index (χ0v) is 31.5. The summed E-state index contributed by atoms with van der Waals surface area (Å²) < 4.78 is 11.7. The highest BCUT2D eigenvalue weighted by Crippen LogP contribution is 2.48. The monoisotopic (exact) mass is 689 g/mol. The molecule has 0 aliphatic heterocycles. The second-order valence-corrected chi connectivity index (χ2v) is 16.9. The van der Waals surface area contributed by atoms with Crippen LogP contribution in [0.1, 0.15) is 110 Å². The van der Waals surface area contributed by atoms with E-state index < -0.39 is 18.1 Å². The van der Waals surface area contributed by atoms with Gasteiger partial charge < -0.3 is 25.2 Å². The molecule has 0 radical (unpaired) electrons. The molecule has 0 saturated heterocycles. The first kappa shape index (κ1) is 40.0. The van der Waals surface area contributed by atoms with Crippen LogP contribution in [-0.4, -0.2) is 78.2 Å². The van der Waals surface area contributed by atoms with E-state index in [0.29, 0.717) is 36.6 Å². The summed E-state index contributed by atoms with van der Waals surface area (Å²) in [5, 5.41) is 15.5. The van der Waals surface area contributed by atoms with E-state index in [1.807, 2.05) is 12.1 Å². The number of benzene rings is 1. The molecule has 0 heterocycles. The summed E-state index contributed by atoms with van der Waals surface area (Å²) >= 11 is 4.66. The van der Waals surface area contributed by atoms with Gasteiger partial charge >= 0.3 is 12.1 Å². The Balaban J connectivity index is 1.49. The number of aliphatic carboxylic acids is 1. The second-order valence-electron chi connectivity index (χ2n) is 15.7. The predicted molar refractivity (Wildman–Crippen MR) is 195 cm³/mol. The number of hydrogen-bond acceptors (Lipinski definition) is 7. The van der Waals surface area contributed by atoms with Gasteiger partial charge in [-0.15, -0.1) is 0 Å². The van der Waals surface area contributed by atoms with Gasteiger partial charge in [-0.1, -0.05) is 59.6 Å². The fourth-order valence-corrected chi connectivity index (χ4v) is 8.37. The minimum absolute atomic E-state index is 0.0431. The van der Waals surface area contributed by atoms with Crippen LogP contribution in [0.2, 0.25) is 0 Å². The van der Waals surface area contributed by atoms with Crippen LogP contribution >= 0.6 is 12.6 Å². The molecule has 5 atom stereocenters. The van der Waals surface area contributed by atoms with Crippen molar-refractivity contribution in [2.45, 2.75) is 129 Å². The van der Waals surface area contributed by atoms with Crippen LogP contribution in [0.25, 0.3) is 0 Å². The van der Waals surface area contributed by atoms with Crippen LogP contribution in [0.3, 0.4) is 0 Å². The molecule has 10 heteroatoms. The van der Waals surface area contributed by atoms with Crippen LogP contribution < -0.4 is 15.4 Å². The van der Waals surface area contributed by atoms with Crippen LogP contribution in [0.4, 0.5) is 4.79 Å². The van der Waals surface area contributed by atoms with Crippen molar-refractivity contribution in [3.05, 3.63) is 29.3 Å². The Labute approximate surface area is 295 Å². The van der Waals surface area contributed by atoms with Crippen molar-refractivity contribution in [3.63, 3.8) is 0 Å². The molecule has 3 N–H and O–H groups in total. The number of likely N-dealkylation sites (N-methyl/N-ethyl adjacent to an activating group) is 1. The lowest BCUT2D eigenvalue weighted by Gasteiger charge is -2.33. The first-order valence-corrected chi connectivity index (χ1v) is 18.6. The van der Waals surface area contributed by atoms with Gasteiger partial charge in [0.1, 0.15) is 17.9 Å². The van der Waals surface area contributed by atoms with Crippen LogP contribution in [-0.2, 0) is 27.2 Å².